The minimum absolute atomic E-state index is 0.508. The van der Waals surface area contributed by atoms with Crippen LogP contribution < -0.4 is 4.74 Å². The maximum Gasteiger partial charge on any atom is 0.119 e. The molecule has 0 saturated carbocycles. The zero-order valence-electron chi connectivity index (χ0n) is 11.8. The number of fused-ring (bicyclic) bond motifs is 1. The van der Waals surface area contributed by atoms with E-state index in [1.54, 1.807) is 11.3 Å². The molecule has 0 radical (unpaired) electrons. The summed E-state index contributed by atoms with van der Waals surface area (Å²) >= 11 is 1.76. The van der Waals surface area contributed by atoms with Crippen LogP contribution in [0.15, 0.2) is 30.3 Å². The average Bonchev–Trinajstić information content (AvgIpc) is 3.06. The van der Waals surface area contributed by atoms with E-state index in [2.05, 4.69) is 13.0 Å². The highest BCUT2D eigenvalue weighted by molar-refractivity contribution is 7.12. The van der Waals surface area contributed by atoms with E-state index >= 15 is 0 Å². The Hall–Kier alpha value is -1.32. The molecule has 1 atom stereocenters. The van der Waals surface area contributed by atoms with Crippen LogP contribution in [0.4, 0.5) is 0 Å². The number of hydrogen-bond donors (Lipinski definition) is 1. The quantitative estimate of drug-likeness (QED) is 0.897. The molecule has 0 fully saturated rings. The first-order valence-electron chi connectivity index (χ1n) is 7.30. The fraction of sp³-hybridized carbons (Fsp3) is 0.412. The van der Waals surface area contributed by atoms with Crippen LogP contribution in [0.5, 0.6) is 5.75 Å². The molecule has 0 bridgehead atoms. The van der Waals surface area contributed by atoms with E-state index in [0.29, 0.717) is 0 Å². The third-order valence-corrected chi connectivity index (χ3v) is 4.99. The van der Waals surface area contributed by atoms with Crippen molar-refractivity contribution in [3.63, 3.8) is 0 Å². The van der Waals surface area contributed by atoms with Gasteiger partial charge in [-0.2, -0.15) is 0 Å². The normalized spacial score (nSPS) is 15.1. The van der Waals surface area contributed by atoms with Gasteiger partial charge in [-0.1, -0.05) is 19.1 Å². The van der Waals surface area contributed by atoms with Gasteiger partial charge in [-0.15, -0.1) is 11.3 Å². The highest BCUT2D eigenvalue weighted by atomic mass is 32.1. The molecule has 3 heteroatoms. The summed E-state index contributed by atoms with van der Waals surface area (Å²) in [6, 6.07) is 9.98. The van der Waals surface area contributed by atoms with Gasteiger partial charge in [0, 0.05) is 9.75 Å². The number of rotatable bonds is 5. The predicted molar refractivity (Wildman–Crippen MR) is 82.6 cm³/mol. The standard InChI is InChI=1S/C17H20O2S/c1-2-10-19-14-8-6-12(7-9-14)17(18)16-11-13-4-3-5-15(13)20-16/h6-9,11,17-18H,2-5,10H2,1H3. The van der Waals surface area contributed by atoms with Crippen molar-refractivity contribution in [1.82, 2.24) is 0 Å². The van der Waals surface area contributed by atoms with Crippen molar-refractivity contribution in [2.24, 2.45) is 0 Å². The van der Waals surface area contributed by atoms with Crippen LogP contribution in [-0.4, -0.2) is 11.7 Å². The topological polar surface area (TPSA) is 29.5 Å². The number of aliphatic hydroxyl groups excluding tert-OH is 1. The van der Waals surface area contributed by atoms with Crippen molar-refractivity contribution in [3.05, 3.63) is 51.2 Å². The third-order valence-electron chi connectivity index (χ3n) is 3.70. The Morgan fingerprint density at radius 1 is 1.25 bits per heavy atom. The Bertz CT molecular complexity index is 550. The van der Waals surface area contributed by atoms with Crippen LogP contribution in [0.2, 0.25) is 0 Å². The third kappa shape index (κ3) is 2.74. The first-order valence-corrected chi connectivity index (χ1v) is 8.12. The predicted octanol–water partition coefficient (Wildman–Crippen LogP) is 4.11. The largest absolute Gasteiger partial charge is 0.494 e. The average molecular weight is 288 g/mol. The zero-order valence-corrected chi connectivity index (χ0v) is 12.6. The van der Waals surface area contributed by atoms with E-state index < -0.39 is 6.10 Å². The minimum Gasteiger partial charge on any atom is -0.494 e. The van der Waals surface area contributed by atoms with Crippen molar-refractivity contribution in [2.45, 2.75) is 38.7 Å². The maximum atomic E-state index is 10.5. The lowest BCUT2D eigenvalue weighted by atomic mass is 10.1. The Kier molecular flexibility index (Phi) is 4.08. The van der Waals surface area contributed by atoms with Crippen LogP contribution in [0.1, 0.15) is 46.8 Å². The van der Waals surface area contributed by atoms with E-state index in [1.165, 1.54) is 29.7 Å². The molecular formula is C17H20O2S. The lowest BCUT2D eigenvalue weighted by Gasteiger charge is -2.10. The molecule has 1 N–H and O–H groups in total. The molecule has 3 rings (SSSR count). The van der Waals surface area contributed by atoms with Gasteiger partial charge >= 0.3 is 0 Å². The van der Waals surface area contributed by atoms with Crippen molar-refractivity contribution in [3.8, 4) is 5.75 Å². The van der Waals surface area contributed by atoms with Gasteiger partial charge in [-0.25, -0.2) is 0 Å². The van der Waals surface area contributed by atoms with Gasteiger partial charge in [0.1, 0.15) is 11.9 Å². The van der Waals surface area contributed by atoms with E-state index in [4.69, 9.17) is 4.74 Å². The van der Waals surface area contributed by atoms with Gasteiger partial charge in [0.2, 0.25) is 0 Å². The molecule has 1 aliphatic rings. The summed E-state index contributed by atoms with van der Waals surface area (Å²) in [7, 11) is 0. The Morgan fingerprint density at radius 3 is 2.75 bits per heavy atom. The lowest BCUT2D eigenvalue weighted by molar-refractivity contribution is 0.224. The molecule has 1 heterocycles. The molecule has 0 saturated heterocycles. The molecule has 1 unspecified atom stereocenters. The summed E-state index contributed by atoms with van der Waals surface area (Å²) in [5.74, 6) is 0.872. The van der Waals surface area contributed by atoms with E-state index in [1.807, 2.05) is 24.3 Å². The van der Waals surface area contributed by atoms with Gasteiger partial charge in [0.05, 0.1) is 6.61 Å². The smallest absolute Gasteiger partial charge is 0.119 e. The molecule has 0 amide bonds. The monoisotopic (exact) mass is 288 g/mol. The van der Waals surface area contributed by atoms with E-state index in [-0.39, 0.29) is 0 Å². The number of benzene rings is 1. The van der Waals surface area contributed by atoms with Gasteiger partial charge in [-0.05, 0) is 55.0 Å². The molecular weight excluding hydrogens is 268 g/mol. The highest BCUT2D eigenvalue weighted by Crippen LogP contribution is 2.36. The molecule has 106 valence electrons. The molecule has 1 aromatic heterocycles. The summed E-state index contributed by atoms with van der Waals surface area (Å²) in [6.45, 7) is 2.83. The van der Waals surface area contributed by atoms with Gasteiger partial charge in [0.25, 0.3) is 0 Å². The second kappa shape index (κ2) is 5.98. The fourth-order valence-electron chi connectivity index (χ4n) is 2.62. The fourth-order valence-corrected chi connectivity index (χ4v) is 3.89. The van der Waals surface area contributed by atoms with Gasteiger partial charge in [0.15, 0.2) is 0 Å². The van der Waals surface area contributed by atoms with Crippen LogP contribution in [0.25, 0.3) is 0 Å². The number of aliphatic hydroxyl groups is 1. The molecule has 1 aromatic carbocycles. The minimum atomic E-state index is -0.508. The molecule has 20 heavy (non-hydrogen) atoms. The van der Waals surface area contributed by atoms with Crippen molar-refractivity contribution < 1.29 is 9.84 Å². The molecule has 0 spiro atoms. The first kappa shape index (κ1) is 13.7. The van der Waals surface area contributed by atoms with Gasteiger partial charge in [-0.3, -0.25) is 0 Å². The number of hydrogen-bond acceptors (Lipinski definition) is 3. The Labute approximate surface area is 124 Å². The molecule has 2 nitrogen and oxygen atoms in total. The zero-order chi connectivity index (χ0) is 13.9. The first-order chi connectivity index (χ1) is 9.78. The second-order valence-corrected chi connectivity index (χ2v) is 6.44. The van der Waals surface area contributed by atoms with E-state index in [0.717, 1.165) is 29.2 Å². The lowest BCUT2D eigenvalue weighted by Crippen LogP contribution is -1.98. The van der Waals surface area contributed by atoms with Crippen LogP contribution in [0.3, 0.4) is 0 Å². The van der Waals surface area contributed by atoms with Crippen LogP contribution >= 0.6 is 11.3 Å². The molecule has 2 aromatic rings. The molecule has 0 aliphatic heterocycles. The van der Waals surface area contributed by atoms with E-state index in [9.17, 15) is 5.11 Å². The SMILES string of the molecule is CCCOc1ccc(C(O)c2cc3c(s2)CCC3)cc1. The van der Waals surface area contributed by atoms with Crippen LogP contribution in [-0.2, 0) is 12.8 Å². The summed E-state index contributed by atoms with van der Waals surface area (Å²) in [6.07, 6.45) is 4.11. The summed E-state index contributed by atoms with van der Waals surface area (Å²) in [5, 5.41) is 10.5. The van der Waals surface area contributed by atoms with Crippen molar-refractivity contribution in [1.29, 1.82) is 0 Å². The maximum absolute atomic E-state index is 10.5. The Balaban J connectivity index is 1.74. The number of thiophene rings is 1. The van der Waals surface area contributed by atoms with Crippen molar-refractivity contribution >= 4 is 11.3 Å². The van der Waals surface area contributed by atoms with Gasteiger partial charge < -0.3 is 9.84 Å². The number of ether oxygens (including phenoxy) is 1. The second-order valence-electron chi connectivity index (χ2n) is 5.27. The summed E-state index contributed by atoms with van der Waals surface area (Å²) in [4.78, 5) is 2.53. The van der Waals surface area contributed by atoms with Crippen molar-refractivity contribution in [2.75, 3.05) is 6.61 Å². The van der Waals surface area contributed by atoms with Crippen LogP contribution in [0, 0.1) is 0 Å². The summed E-state index contributed by atoms with van der Waals surface area (Å²) in [5.41, 5.74) is 2.38. The summed E-state index contributed by atoms with van der Waals surface area (Å²) < 4.78 is 5.57. The number of aryl methyl sites for hydroxylation is 2. The Morgan fingerprint density at radius 2 is 2.05 bits per heavy atom. The highest BCUT2D eigenvalue weighted by Gasteiger charge is 2.19. The molecule has 1 aliphatic carbocycles.